The van der Waals surface area contributed by atoms with Crippen LogP contribution < -0.4 is 10.2 Å². The van der Waals surface area contributed by atoms with E-state index in [-0.39, 0.29) is 5.91 Å². The van der Waals surface area contributed by atoms with Crippen LogP contribution in [0.4, 0.5) is 11.5 Å². The first-order valence-corrected chi connectivity index (χ1v) is 10.1. The zero-order valence-electron chi connectivity index (χ0n) is 15.3. The maximum atomic E-state index is 12.5. The fourth-order valence-corrected chi connectivity index (χ4v) is 4.02. The molecule has 0 unspecified atom stereocenters. The molecule has 0 atom stereocenters. The lowest BCUT2D eigenvalue weighted by Gasteiger charge is -2.27. The van der Waals surface area contributed by atoms with Gasteiger partial charge in [-0.1, -0.05) is 18.2 Å². The van der Waals surface area contributed by atoms with Crippen molar-refractivity contribution in [2.45, 2.75) is 26.2 Å². The molecule has 4 rings (SSSR count). The number of carbonyl (C=O) groups excluding carboxylic acids is 1. The minimum Gasteiger partial charge on any atom is -0.357 e. The van der Waals surface area contributed by atoms with E-state index >= 15 is 0 Å². The second-order valence-corrected chi connectivity index (χ2v) is 7.62. The second-order valence-electron chi connectivity index (χ2n) is 6.76. The molecule has 5 nitrogen and oxygen atoms in total. The Morgan fingerprint density at radius 2 is 1.93 bits per heavy atom. The molecule has 0 radical (unpaired) electrons. The van der Waals surface area contributed by atoms with Crippen LogP contribution in [0.25, 0.3) is 10.6 Å². The first-order valence-electron chi connectivity index (χ1n) is 9.24. The van der Waals surface area contributed by atoms with Crippen molar-refractivity contribution in [1.82, 2.24) is 9.97 Å². The first-order chi connectivity index (χ1) is 13.2. The third-order valence-electron chi connectivity index (χ3n) is 4.80. The highest BCUT2D eigenvalue weighted by atomic mass is 32.1. The van der Waals surface area contributed by atoms with Gasteiger partial charge in [0.25, 0.3) is 5.91 Å². The van der Waals surface area contributed by atoms with Crippen LogP contribution in [-0.2, 0) is 0 Å². The summed E-state index contributed by atoms with van der Waals surface area (Å²) in [5.41, 5.74) is 3.21. The number of piperidine rings is 1. The van der Waals surface area contributed by atoms with Gasteiger partial charge in [0.15, 0.2) is 0 Å². The molecule has 27 heavy (non-hydrogen) atoms. The summed E-state index contributed by atoms with van der Waals surface area (Å²) in [6.07, 6.45) is 5.62. The fraction of sp³-hybridized carbons (Fsp3) is 0.286. The Balaban J connectivity index is 1.47. The summed E-state index contributed by atoms with van der Waals surface area (Å²) < 4.78 is 0. The number of nitrogens with one attached hydrogen (secondary N) is 1. The Morgan fingerprint density at radius 3 is 2.67 bits per heavy atom. The van der Waals surface area contributed by atoms with E-state index in [2.05, 4.69) is 26.3 Å². The number of para-hydroxylation sites is 1. The largest absolute Gasteiger partial charge is 0.357 e. The molecule has 0 spiro atoms. The molecule has 138 valence electrons. The predicted molar refractivity (Wildman–Crippen MR) is 111 cm³/mol. The summed E-state index contributed by atoms with van der Waals surface area (Å²) in [5.74, 6) is 0.831. The van der Waals surface area contributed by atoms with Gasteiger partial charge in [-0.25, -0.2) is 9.97 Å². The van der Waals surface area contributed by atoms with Crippen molar-refractivity contribution in [2.24, 2.45) is 0 Å². The molecular weight excluding hydrogens is 356 g/mol. The van der Waals surface area contributed by atoms with Crippen LogP contribution in [0.3, 0.4) is 0 Å². The molecule has 0 aliphatic carbocycles. The zero-order chi connectivity index (χ0) is 18.6. The van der Waals surface area contributed by atoms with Crippen LogP contribution in [0.15, 0.2) is 48.0 Å². The lowest BCUT2D eigenvalue weighted by Crippen LogP contribution is -2.29. The van der Waals surface area contributed by atoms with Gasteiger partial charge >= 0.3 is 0 Å². The summed E-state index contributed by atoms with van der Waals surface area (Å²) in [7, 11) is 0. The van der Waals surface area contributed by atoms with Gasteiger partial charge < -0.3 is 10.2 Å². The van der Waals surface area contributed by atoms with Gasteiger partial charge in [0.05, 0.1) is 0 Å². The van der Waals surface area contributed by atoms with Crippen molar-refractivity contribution in [3.05, 3.63) is 59.2 Å². The minimum absolute atomic E-state index is 0.190. The fourth-order valence-electron chi connectivity index (χ4n) is 3.23. The number of carbonyl (C=O) groups is 1. The second kappa shape index (κ2) is 7.88. The topological polar surface area (TPSA) is 58.1 Å². The number of hydrogen-bond donors (Lipinski definition) is 1. The first kappa shape index (κ1) is 17.7. The molecule has 1 saturated heterocycles. The molecule has 1 aromatic carbocycles. The molecule has 0 saturated carbocycles. The third-order valence-corrected chi connectivity index (χ3v) is 5.70. The number of pyridine rings is 1. The normalized spacial score (nSPS) is 14.2. The Hall–Kier alpha value is -2.73. The number of amides is 1. The van der Waals surface area contributed by atoms with E-state index in [4.69, 9.17) is 0 Å². The van der Waals surface area contributed by atoms with Crippen molar-refractivity contribution in [3.63, 3.8) is 0 Å². The van der Waals surface area contributed by atoms with Crippen LogP contribution in [0, 0.1) is 6.92 Å². The van der Waals surface area contributed by atoms with E-state index in [9.17, 15) is 4.79 Å². The monoisotopic (exact) mass is 378 g/mol. The zero-order valence-corrected chi connectivity index (χ0v) is 16.1. The van der Waals surface area contributed by atoms with E-state index in [1.807, 2.05) is 43.5 Å². The molecule has 6 heteroatoms. The van der Waals surface area contributed by atoms with E-state index in [1.54, 1.807) is 5.38 Å². The molecule has 1 aliphatic heterocycles. The van der Waals surface area contributed by atoms with Crippen LogP contribution in [0.1, 0.15) is 35.3 Å². The maximum absolute atomic E-state index is 12.5. The number of rotatable bonds is 4. The van der Waals surface area contributed by atoms with Gasteiger partial charge in [-0.2, -0.15) is 0 Å². The van der Waals surface area contributed by atoms with Crippen molar-refractivity contribution in [3.8, 4) is 10.6 Å². The molecule has 1 N–H and O–H groups in total. The Morgan fingerprint density at radius 1 is 1.11 bits per heavy atom. The molecule has 3 aromatic rings. The molecule has 1 fully saturated rings. The lowest BCUT2D eigenvalue weighted by atomic mass is 10.1. The Bertz CT molecular complexity index is 929. The van der Waals surface area contributed by atoms with E-state index in [1.165, 1.54) is 30.6 Å². The average molecular weight is 379 g/mol. The molecule has 1 aliphatic rings. The van der Waals surface area contributed by atoms with Crippen LogP contribution in [-0.4, -0.2) is 29.0 Å². The molecule has 1 amide bonds. The minimum atomic E-state index is -0.190. The van der Waals surface area contributed by atoms with Crippen molar-refractivity contribution >= 4 is 28.7 Å². The van der Waals surface area contributed by atoms with Crippen LogP contribution in [0.5, 0.6) is 0 Å². The highest BCUT2D eigenvalue weighted by molar-refractivity contribution is 7.13. The van der Waals surface area contributed by atoms with Crippen molar-refractivity contribution < 1.29 is 4.79 Å². The lowest BCUT2D eigenvalue weighted by molar-refractivity contribution is 0.102. The van der Waals surface area contributed by atoms with Gasteiger partial charge in [0, 0.05) is 35.9 Å². The highest BCUT2D eigenvalue weighted by Crippen LogP contribution is 2.26. The van der Waals surface area contributed by atoms with E-state index in [0.29, 0.717) is 5.69 Å². The number of aromatic nitrogens is 2. The van der Waals surface area contributed by atoms with Gasteiger partial charge in [-0.3, -0.25) is 4.79 Å². The predicted octanol–water partition coefficient (Wildman–Crippen LogP) is 4.76. The SMILES string of the molecule is Cc1ccccc1NC(=O)c1csc(-c2ccc(N3CCCCC3)nc2)n1. The van der Waals surface area contributed by atoms with Gasteiger partial charge in [-0.05, 0) is 49.9 Å². The Labute approximate surface area is 163 Å². The number of nitrogens with zero attached hydrogens (tertiary/aromatic N) is 3. The van der Waals surface area contributed by atoms with E-state index in [0.717, 1.165) is 40.7 Å². The van der Waals surface area contributed by atoms with E-state index < -0.39 is 0 Å². The number of aryl methyl sites for hydroxylation is 1. The standard InChI is InChI=1S/C21H22N4OS/c1-15-7-3-4-8-17(15)23-20(26)18-14-27-21(24-18)16-9-10-19(22-13-16)25-11-5-2-6-12-25/h3-4,7-10,13-14H,2,5-6,11-12H2,1H3,(H,23,26). The summed E-state index contributed by atoms with van der Waals surface area (Å²) >= 11 is 1.46. The van der Waals surface area contributed by atoms with Crippen LogP contribution >= 0.6 is 11.3 Å². The van der Waals surface area contributed by atoms with Gasteiger partial charge in [0.2, 0.25) is 0 Å². The van der Waals surface area contributed by atoms with Crippen molar-refractivity contribution in [1.29, 1.82) is 0 Å². The number of benzene rings is 1. The van der Waals surface area contributed by atoms with Gasteiger partial charge in [0.1, 0.15) is 16.5 Å². The molecule has 3 heterocycles. The molecule has 0 bridgehead atoms. The summed E-state index contributed by atoms with van der Waals surface area (Å²) in [6.45, 7) is 4.12. The average Bonchev–Trinajstić information content (AvgIpc) is 3.21. The van der Waals surface area contributed by atoms with Crippen LogP contribution in [0.2, 0.25) is 0 Å². The van der Waals surface area contributed by atoms with Crippen molar-refractivity contribution in [2.75, 3.05) is 23.3 Å². The molecule has 2 aromatic heterocycles. The number of anilines is 2. The summed E-state index contributed by atoms with van der Waals surface area (Å²) in [5, 5.41) is 5.53. The highest BCUT2D eigenvalue weighted by Gasteiger charge is 2.15. The summed E-state index contributed by atoms with van der Waals surface area (Å²) in [6, 6.07) is 11.8. The third kappa shape index (κ3) is 4.01. The summed E-state index contributed by atoms with van der Waals surface area (Å²) in [4.78, 5) is 23.9. The molecular formula is C21H22N4OS. The Kier molecular flexibility index (Phi) is 5.16. The quantitative estimate of drug-likeness (QED) is 0.711. The smallest absolute Gasteiger partial charge is 0.275 e. The number of thiazole rings is 1. The van der Waals surface area contributed by atoms with Gasteiger partial charge in [-0.15, -0.1) is 11.3 Å². The number of hydrogen-bond acceptors (Lipinski definition) is 5. The maximum Gasteiger partial charge on any atom is 0.275 e.